The van der Waals surface area contributed by atoms with Crippen molar-refractivity contribution in [3.63, 3.8) is 0 Å². The molecule has 21 heavy (non-hydrogen) atoms. The molecule has 0 amide bonds. The van der Waals surface area contributed by atoms with Crippen LogP contribution in [0.15, 0.2) is 42.5 Å². The number of benzene rings is 2. The molecular formula is C15H11BrCl2F2O. The Morgan fingerprint density at radius 1 is 1.05 bits per heavy atom. The lowest BCUT2D eigenvalue weighted by molar-refractivity contribution is -0.0498. The van der Waals surface area contributed by atoms with Gasteiger partial charge in [-0.15, -0.1) is 0 Å². The van der Waals surface area contributed by atoms with Gasteiger partial charge < -0.3 is 4.74 Å². The van der Waals surface area contributed by atoms with Crippen LogP contribution in [0.3, 0.4) is 0 Å². The standard InChI is InChI=1S/C15H11BrCl2F2O/c16-12(6-9-4-5-13(17)14(18)7-9)10-2-1-3-11(8-10)21-15(19)20/h1-5,7-8,12,15H,6H2. The van der Waals surface area contributed by atoms with E-state index in [9.17, 15) is 8.78 Å². The van der Waals surface area contributed by atoms with Crippen LogP contribution in [-0.4, -0.2) is 6.61 Å². The van der Waals surface area contributed by atoms with Gasteiger partial charge in [-0.1, -0.05) is 57.3 Å². The monoisotopic (exact) mass is 394 g/mol. The summed E-state index contributed by atoms with van der Waals surface area (Å²) in [5.74, 6) is 0.140. The van der Waals surface area contributed by atoms with Gasteiger partial charge in [0.15, 0.2) is 0 Å². The molecule has 0 aliphatic carbocycles. The van der Waals surface area contributed by atoms with Gasteiger partial charge >= 0.3 is 6.61 Å². The van der Waals surface area contributed by atoms with E-state index in [2.05, 4.69) is 20.7 Å². The predicted octanol–water partition coefficient (Wildman–Crippen LogP) is 6.27. The fourth-order valence-electron chi connectivity index (χ4n) is 1.88. The SMILES string of the molecule is FC(F)Oc1cccc(C(Br)Cc2ccc(Cl)c(Cl)c2)c1. The molecule has 0 saturated heterocycles. The van der Waals surface area contributed by atoms with Crippen LogP contribution in [0.25, 0.3) is 0 Å². The van der Waals surface area contributed by atoms with Crippen LogP contribution in [0.5, 0.6) is 5.75 Å². The van der Waals surface area contributed by atoms with Gasteiger partial charge in [-0.25, -0.2) is 0 Å². The van der Waals surface area contributed by atoms with Gasteiger partial charge in [-0.05, 0) is 41.8 Å². The summed E-state index contributed by atoms with van der Waals surface area (Å²) >= 11 is 15.4. The Morgan fingerprint density at radius 2 is 1.81 bits per heavy atom. The molecule has 0 N–H and O–H groups in total. The molecule has 0 fully saturated rings. The second-order valence-electron chi connectivity index (χ2n) is 4.37. The van der Waals surface area contributed by atoms with Crippen LogP contribution < -0.4 is 4.74 Å². The van der Waals surface area contributed by atoms with Gasteiger partial charge in [0, 0.05) is 4.83 Å². The summed E-state index contributed by atoms with van der Waals surface area (Å²) in [6, 6.07) is 12.0. The summed E-state index contributed by atoms with van der Waals surface area (Å²) in [6.07, 6.45) is 0.648. The lowest BCUT2D eigenvalue weighted by atomic mass is 10.0. The molecule has 1 atom stereocenters. The lowest BCUT2D eigenvalue weighted by Crippen LogP contribution is -2.03. The average molecular weight is 396 g/mol. The van der Waals surface area contributed by atoms with E-state index < -0.39 is 6.61 Å². The Kier molecular flexibility index (Phi) is 5.85. The van der Waals surface area contributed by atoms with Gasteiger partial charge in [0.1, 0.15) is 5.75 Å². The van der Waals surface area contributed by atoms with Crippen LogP contribution in [0, 0.1) is 0 Å². The highest BCUT2D eigenvalue weighted by Crippen LogP contribution is 2.31. The minimum atomic E-state index is -2.83. The third-order valence-corrected chi connectivity index (χ3v) is 4.44. The number of rotatable bonds is 5. The minimum absolute atomic E-state index is 0.0454. The molecule has 0 heterocycles. The fraction of sp³-hybridized carbons (Fsp3) is 0.200. The van der Waals surface area contributed by atoms with E-state index in [4.69, 9.17) is 23.2 Å². The molecule has 6 heteroatoms. The molecule has 0 spiro atoms. The Bertz CT molecular complexity index is 622. The first-order valence-corrected chi connectivity index (χ1v) is 7.75. The molecule has 0 aliphatic rings. The van der Waals surface area contributed by atoms with Crippen LogP contribution in [-0.2, 0) is 6.42 Å². The van der Waals surface area contributed by atoms with Crippen LogP contribution in [0.4, 0.5) is 8.78 Å². The van der Waals surface area contributed by atoms with E-state index in [1.54, 1.807) is 24.3 Å². The maximum atomic E-state index is 12.2. The molecule has 2 aromatic carbocycles. The minimum Gasteiger partial charge on any atom is -0.435 e. The van der Waals surface area contributed by atoms with Crippen molar-refractivity contribution in [3.8, 4) is 5.75 Å². The second kappa shape index (κ2) is 7.43. The number of alkyl halides is 3. The van der Waals surface area contributed by atoms with Crippen molar-refractivity contribution < 1.29 is 13.5 Å². The summed E-state index contributed by atoms with van der Waals surface area (Å²) in [4.78, 5) is -0.0454. The summed E-state index contributed by atoms with van der Waals surface area (Å²) in [5.41, 5.74) is 1.84. The van der Waals surface area contributed by atoms with E-state index in [1.165, 1.54) is 6.07 Å². The van der Waals surface area contributed by atoms with Gasteiger partial charge in [0.25, 0.3) is 0 Å². The van der Waals surface area contributed by atoms with Gasteiger partial charge in [0.05, 0.1) is 10.0 Å². The molecule has 2 rings (SSSR count). The molecule has 2 aromatic rings. The van der Waals surface area contributed by atoms with E-state index in [-0.39, 0.29) is 10.6 Å². The van der Waals surface area contributed by atoms with E-state index in [1.807, 2.05) is 12.1 Å². The first kappa shape index (κ1) is 16.5. The zero-order valence-electron chi connectivity index (χ0n) is 10.7. The predicted molar refractivity (Wildman–Crippen MR) is 84.9 cm³/mol. The molecule has 1 nitrogen and oxygen atoms in total. The van der Waals surface area contributed by atoms with Gasteiger partial charge in [-0.3, -0.25) is 0 Å². The van der Waals surface area contributed by atoms with Crippen LogP contribution in [0.1, 0.15) is 16.0 Å². The third kappa shape index (κ3) is 4.83. The number of hydrogen-bond acceptors (Lipinski definition) is 1. The first-order valence-electron chi connectivity index (χ1n) is 6.08. The Morgan fingerprint density at radius 3 is 2.48 bits per heavy atom. The Balaban J connectivity index is 2.12. The molecule has 0 aliphatic heterocycles. The van der Waals surface area contributed by atoms with Crippen molar-refractivity contribution in [2.24, 2.45) is 0 Å². The largest absolute Gasteiger partial charge is 0.435 e. The maximum Gasteiger partial charge on any atom is 0.387 e. The van der Waals surface area contributed by atoms with Crippen molar-refractivity contribution >= 4 is 39.1 Å². The highest BCUT2D eigenvalue weighted by Gasteiger charge is 2.12. The van der Waals surface area contributed by atoms with E-state index >= 15 is 0 Å². The molecular weight excluding hydrogens is 385 g/mol. The normalized spacial score (nSPS) is 12.5. The zero-order chi connectivity index (χ0) is 15.4. The van der Waals surface area contributed by atoms with E-state index in [0.717, 1.165) is 11.1 Å². The highest BCUT2D eigenvalue weighted by molar-refractivity contribution is 9.09. The zero-order valence-corrected chi connectivity index (χ0v) is 13.8. The second-order valence-corrected chi connectivity index (χ2v) is 6.29. The summed E-state index contributed by atoms with van der Waals surface area (Å²) < 4.78 is 28.8. The van der Waals surface area contributed by atoms with E-state index in [0.29, 0.717) is 16.5 Å². The van der Waals surface area contributed by atoms with Crippen molar-refractivity contribution in [2.45, 2.75) is 17.9 Å². The quantitative estimate of drug-likeness (QED) is 0.541. The van der Waals surface area contributed by atoms with Crippen LogP contribution in [0.2, 0.25) is 10.0 Å². The number of hydrogen-bond donors (Lipinski definition) is 0. The topological polar surface area (TPSA) is 9.23 Å². The molecule has 1 unspecified atom stereocenters. The van der Waals surface area contributed by atoms with Crippen molar-refractivity contribution in [1.82, 2.24) is 0 Å². The molecule has 0 saturated carbocycles. The lowest BCUT2D eigenvalue weighted by Gasteiger charge is -2.13. The van der Waals surface area contributed by atoms with Crippen molar-refractivity contribution in [3.05, 3.63) is 63.6 Å². The Labute approximate surface area is 140 Å². The van der Waals surface area contributed by atoms with Crippen LogP contribution >= 0.6 is 39.1 Å². The molecule has 0 bridgehead atoms. The smallest absolute Gasteiger partial charge is 0.387 e. The third-order valence-electron chi connectivity index (χ3n) is 2.84. The molecule has 0 aromatic heterocycles. The molecule has 112 valence electrons. The molecule has 0 radical (unpaired) electrons. The number of halogens is 5. The van der Waals surface area contributed by atoms with Crippen molar-refractivity contribution in [2.75, 3.05) is 0 Å². The maximum absolute atomic E-state index is 12.2. The van der Waals surface area contributed by atoms with Gasteiger partial charge in [0.2, 0.25) is 0 Å². The van der Waals surface area contributed by atoms with Gasteiger partial charge in [-0.2, -0.15) is 8.78 Å². The average Bonchev–Trinajstić information content (AvgIpc) is 2.42. The summed E-state index contributed by atoms with van der Waals surface area (Å²) in [5, 5.41) is 0.988. The van der Waals surface area contributed by atoms with Crippen molar-refractivity contribution in [1.29, 1.82) is 0 Å². The highest BCUT2D eigenvalue weighted by atomic mass is 79.9. The summed E-state index contributed by atoms with van der Waals surface area (Å²) in [7, 11) is 0. The Hall–Kier alpha value is -0.840. The number of ether oxygens (including phenoxy) is 1. The summed E-state index contributed by atoms with van der Waals surface area (Å²) in [6.45, 7) is -2.83. The first-order chi connectivity index (χ1) is 9.95. The fourth-order valence-corrected chi connectivity index (χ4v) is 2.86.